The van der Waals surface area contributed by atoms with Crippen LogP contribution in [0.3, 0.4) is 0 Å². The highest BCUT2D eigenvalue weighted by atomic mass is 16.3. The molecule has 0 saturated heterocycles. The lowest BCUT2D eigenvalue weighted by Gasteiger charge is -2.13. The zero-order valence-corrected chi connectivity index (χ0v) is 28.5. The molecule has 5 heterocycles. The van der Waals surface area contributed by atoms with Crippen LogP contribution in [0, 0.1) is 0 Å². The molecule has 5 heteroatoms. The highest BCUT2D eigenvalue weighted by Crippen LogP contribution is 2.42. The van der Waals surface area contributed by atoms with E-state index in [-0.39, 0.29) is 0 Å². The summed E-state index contributed by atoms with van der Waals surface area (Å²) in [6.07, 6.45) is 3.59. The van der Waals surface area contributed by atoms with Crippen LogP contribution < -0.4 is 0 Å². The second-order valence-corrected chi connectivity index (χ2v) is 13.0. The molecular formula is C48H30N4O. The van der Waals surface area contributed by atoms with Gasteiger partial charge >= 0.3 is 0 Å². The van der Waals surface area contributed by atoms with Gasteiger partial charge in [0.05, 0.1) is 28.3 Å². The number of fused-ring (bicyclic) bond motifs is 5. The summed E-state index contributed by atoms with van der Waals surface area (Å²) in [5, 5.41) is 3.24. The first kappa shape index (κ1) is 30.6. The van der Waals surface area contributed by atoms with Crippen molar-refractivity contribution in [3.63, 3.8) is 0 Å². The number of hydrogen-bond acceptors (Lipinski definition) is 5. The Hall–Kier alpha value is -7.24. The summed E-state index contributed by atoms with van der Waals surface area (Å²) in [5.74, 6) is 0. The van der Waals surface area contributed by atoms with Crippen molar-refractivity contribution in [2.24, 2.45) is 0 Å². The second-order valence-electron chi connectivity index (χ2n) is 13.0. The monoisotopic (exact) mass is 678 g/mol. The van der Waals surface area contributed by atoms with Crippen molar-refractivity contribution in [3.8, 4) is 67.4 Å². The summed E-state index contributed by atoms with van der Waals surface area (Å²) in [7, 11) is 0. The second kappa shape index (κ2) is 12.8. The molecular weight excluding hydrogens is 649 g/mol. The van der Waals surface area contributed by atoms with E-state index in [2.05, 4.69) is 113 Å². The molecule has 0 amide bonds. The lowest BCUT2D eigenvalue weighted by atomic mass is 9.94. The molecule has 0 radical (unpaired) electrons. The molecule has 0 fully saturated rings. The summed E-state index contributed by atoms with van der Waals surface area (Å²) in [4.78, 5) is 19.5. The predicted molar refractivity (Wildman–Crippen MR) is 215 cm³/mol. The van der Waals surface area contributed by atoms with E-state index in [1.54, 1.807) is 12.4 Å². The molecule has 5 aromatic heterocycles. The van der Waals surface area contributed by atoms with Gasteiger partial charge in [-0.1, -0.05) is 115 Å². The van der Waals surface area contributed by atoms with Gasteiger partial charge in [0.1, 0.15) is 11.3 Å². The van der Waals surface area contributed by atoms with Gasteiger partial charge < -0.3 is 4.42 Å². The largest absolute Gasteiger partial charge is 0.454 e. The SMILES string of the molecule is c1ccc(-c2nc3c(-c4cccc(-c5cccc(-c6cc(-c7ccccn7)nc(-c7ccccn7)c6)c5)c4)cccc3c3c2oc2ccccc23)cc1. The predicted octanol–water partition coefficient (Wildman–Crippen LogP) is 12.3. The van der Waals surface area contributed by atoms with Crippen LogP contribution in [0.1, 0.15) is 0 Å². The Morgan fingerprint density at radius 2 is 0.943 bits per heavy atom. The van der Waals surface area contributed by atoms with Gasteiger partial charge in [-0.05, 0) is 82.4 Å². The van der Waals surface area contributed by atoms with E-state index < -0.39 is 0 Å². The van der Waals surface area contributed by atoms with E-state index >= 15 is 0 Å². The van der Waals surface area contributed by atoms with Crippen LogP contribution in [0.25, 0.3) is 100 Å². The summed E-state index contributed by atoms with van der Waals surface area (Å²) < 4.78 is 6.51. The van der Waals surface area contributed by atoms with Gasteiger partial charge in [-0.25, -0.2) is 9.97 Å². The minimum absolute atomic E-state index is 0.800. The van der Waals surface area contributed by atoms with E-state index in [0.29, 0.717) is 0 Å². The van der Waals surface area contributed by atoms with E-state index in [9.17, 15) is 0 Å². The molecule has 0 spiro atoms. The fourth-order valence-corrected chi connectivity index (χ4v) is 7.27. The third-order valence-electron chi connectivity index (χ3n) is 9.77. The molecule has 10 aromatic rings. The van der Waals surface area contributed by atoms with Gasteiger partial charge in [-0.15, -0.1) is 0 Å². The number of pyridine rings is 4. The van der Waals surface area contributed by atoms with Crippen molar-refractivity contribution in [2.75, 3.05) is 0 Å². The molecule has 5 aromatic carbocycles. The van der Waals surface area contributed by atoms with Crippen molar-refractivity contribution in [3.05, 3.63) is 182 Å². The maximum atomic E-state index is 6.51. The Morgan fingerprint density at radius 3 is 1.64 bits per heavy atom. The first-order valence-electron chi connectivity index (χ1n) is 17.6. The molecule has 248 valence electrons. The molecule has 0 aliphatic rings. The van der Waals surface area contributed by atoms with Crippen LogP contribution in [0.4, 0.5) is 0 Å². The standard InChI is InChI=1S/C48H30N4O/c1-2-13-31(14-3-1)46-48-45(38-19-4-5-24-44(38)53-48)39-21-12-20-37(47(39)52-46)35-18-11-16-33(28-35)32-15-10-17-34(27-32)36-29-42(40-22-6-8-25-49-40)51-43(30-36)41-23-7-9-26-50-41/h1-30H. The van der Waals surface area contributed by atoms with E-state index in [4.69, 9.17) is 14.4 Å². The lowest BCUT2D eigenvalue weighted by Crippen LogP contribution is -1.94. The van der Waals surface area contributed by atoms with Crippen LogP contribution in [0.2, 0.25) is 0 Å². The van der Waals surface area contributed by atoms with Crippen molar-refractivity contribution in [1.82, 2.24) is 19.9 Å². The zero-order valence-electron chi connectivity index (χ0n) is 28.5. The number of hydrogen-bond donors (Lipinski definition) is 0. The Kier molecular flexibility index (Phi) is 7.40. The van der Waals surface area contributed by atoms with Crippen LogP contribution in [-0.2, 0) is 0 Å². The molecule has 0 aliphatic heterocycles. The van der Waals surface area contributed by atoms with Gasteiger partial charge in [0.15, 0.2) is 5.58 Å². The van der Waals surface area contributed by atoms with Crippen LogP contribution in [-0.4, -0.2) is 19.9 Å². The topological polar surface area (TPSA) is 64.7 Å². The minimum Gasteiger partial charge on any atom is -0.454 e. The van der Waals surface area contributed by atoms with Crippen LogP contribution in [0.15, 0.2) is 187 Å². The first-order valence-corrected chi connectivity index (χ1v) is 17.6. The molecule has 0 atom stereocenters. The van der Waals surface area contributed by atoms with Gasteiger partial charge in [-0.2, -0.15) is 0 Å². The minimum atomic E-state index is 0.800. The Labute approximate surface area is 305 Å². The average Bonchev–Trinajstić information content (AvgIpc) is 3.64. The fourth-order valence-electron chi connectivity index (χ4n) is 7.27. The summed E-state index contributed by atoms with van der Waals surface area (Å²) in [6, 6.07) is 58.4. The normalized spacial score (nSPS) is 11.4. The molecule has 0 bridgehead atoms. The quantitative estimate of drug-likeness (QED) is 0.175. The van der Waals surface area contributed by atoms with Crippen LogP contribution in [0.5, 0.6) is 0 Å². The van der Waals surface area contributed by atoms with Gasteiger partial charge in [0.25, 0.3) is 0 Å². The highest BCUT2D eigenvalue weighted by molar-refractivity contribution is 6.22. The zero-order chi connectivity index (χ0) is 35.1. The number of para-hydroxylation sites is 2. The summed E-state index contributed by atoms with van der Waals surface area (Å²) in [6.45, 7) is 0. The third-order valence-corrected chi connectivity index (χ3v) is 9.77. The molecule has 53 heavy (non-hydrogen) atoms. The van der Waals surface area contributed by atoms with Gasteiger partial charge in [-0.3, -0.25) is 9.97 Å². The summed E-state index contributed by atoms with van der Waals surface area (Å²) >= 11 is 0. The maximum Gasteiger partial charge on any atom is 0.162 e. The van der Waals surface area contributed by atoms with E-state index in [1.165, 1.54) is 0 Å². The molecule has 0 unspecified atom stereocenters. The number of furan rings is 1. The molecule has 0 saturated carbocycles. The molecule has 5 nitrogen and oxygen atoms in total. The maximum absolute atomic E-state index is 6.51. The fraction of sp³-hybridized carbons (Fsp3) is 0. The van der Waals surface area contributed by atoms with Crippen molar-refractivity contribution >= 4 is 32.8 Å². The van der Waals surface area contributed by atoms with Gasteiger partial charge in [0, 0.05) is 39.7 Å². The molecule has 0 aliphatic carbocycles. The molecule has 10 rings (SSSR count). The Balaban J connectivity index is 1.11. The molecule has 0 N–H and O–H groups in total. The number of benzene rings is 5. The van der Waals surface area contributed by atoms with E-state index in [1.807, 2.05) is 66.7 Å². The number of nitrogens with zero attached hydrogens (tertiary/aromatic N) is 4. The Morgan fingerprint density at radius 1 is 0.377 bits per heavy atom. The van der Waals surface area contributed by atoms with Gasteiger partial charge in [0.2, 0.25) is 0 Å². The highest BCUT2D eigenvalue weighted by Gasteiger charge is 2.20. The summed E-state index contributed by atoms with van der Waals surface area (Å²) in [5.41, 5.74) is 14.2. The smallest absolute Gasteiger partial charge is 0.162 e. The van der Waals surface area contributed by atoms with Crippen molar-refractivity contribution in [1.29, 1.82) is 0 Å². The average molecular weight is 679 g/mol. The first-order chi connectivity index (χ1) is 26.3. The van der Waals surface area contributed by atoms with E-state index in [0.717, 1.165) is 100 Å². The number of aromatic nitrogens is 4. The van der Waals surface area contributed by atoms with Crippen LogP contribution >= 0.6 is 0 Å². The number of rotatable bonds is 6. The van der Waals surface area contributed by atoms with Crippen molar-refractivity contribution < 1.29 is 4.42 Å². The lowest BCUT2D eigenvalue weighted by molar-refractivity contribution is 0.669. The third kappa shape index (κ3) is 5.52. The van der Waals surface area contributed by atoms with Crippen molar-refractivity contribution in [2.45, 2.75) is 0 Å². The Bertz CT molecular complexity index is 2880.